The van der Waals surface area contributed by atoms with E-state index in [1.54, 1.807) is 4.98 Å². The number of hydrazine groups is 1. The van der Waals surface area contributed by atoms with E-state index in [2.05, 4.69) is 20.6 Å². The summed E-state index contributed by atoms with van der Waals surface area (Å²) in [6.07, 6.45) is 0.754. The van der Waals surface area contributed by atoms with Crippen LogP contribution in [0.2, 0.25) is 0 Å². The van der Waals surface area contributed by atoms with Gasteiger partial charge >= 0.3 is 5.69 Å². The normalized spacial score (nSPS) is 10.9. The summed E-state index contributed by atoms with van der Waals surface area (Å²) in [6.45, 7) is 0. The van der Waals surface area contributed by atoms with Gasteiger partial charge in [-0.3, -0.25) is 34.9 Å². The number of benzene rings is 2. The molecule has 0 saturated carbocycles. The molecule has 0 bridgehead atoms. The molecule has 0 aliphatic rings. The van der Waals surface area contributed by atoms with Gasteiger partial charge in [0.25, 0.3) is 27.4 Å². The van der Waals surface area contributed by atoms with E-state index in [-0.39, 0.29) is 16.8 Å². The van der Waals surface area contributed by atoms with Gasteiger partial charge in [-0.1, -0.05) is 12.1 Å². The van der Waals surface area contributed by atoms with Crippen LogP contribution in [0.4, 0.5) is 10.1 Å². The van der Waals surface area contributed by atoms with Crippen molar-refractivity contribution in [3.8, 4) is 0 Å². The van der Waals surface area contributed by atoms with Gasteiger partial charge in [0.2, 0.25) is 0 Å². The Morgan fingerprint density at radius 1 is 0.903 bits per heavy atom. The lowest BCUT2D eigenvalue weighted by molar-refractivity contribution is 0.0844. The van der Waals surface area contributed by atoms with E-state index >= 15 is 0 Å². The third-order valence-corrected chi connectivity index (χ3v) is 5.27. The van der Waals surface area contributed by atoms with Crippen LogP contribution in [0.3, 0.4) is 0 Å². The topological polar surface area (TPSA) is 170 Å². The van der Waals surface area contributed by atoms with Crippen LogP contribution in [0.25, 0.3) is 0 Å². The molecule has 3 aromatic rings. The minimum Gasteiger partial charge on any atom is -0.313 e. The summed E-state index contributed by atoms with van der Waals surface area (Å²) >= 11 is 0. The van der Waals surface area contributed by atoms with E-state index in [1.807, 2.05) is 0 Å². The number of carbonyl (C=O) groups excluding carboxylic acids is 2. The fourth-order valence-corrected chi connectivity index (χ4v) is 3.46. The van der Waals surface area contributed by atoms with Crippen molar-refractivity contribution in [1.82, 2.24) is 20.8 Å². The maximum Gasteiger partial charge on any atom is 0.325 e. The number of H-pyrrole nitrogens is 2. The molecule has 1 aromatic heterocycles. The van der Waals surface area contributed by atoms with Crippen LogP contribution in [-0.2, 0) is 10.0 Å². The van der Waals surface area contributed by atoms with E-state index < -0.39 is 43.8 Å². The van der Waals surface area contributed by atoms with E-state index in [0.717, 1.165) is 12.3 Å². The van der Waals surface area contributed by atoms with Gasteiger partial charge < -0.3 is 4.98 Å². The third kappa shape index (κ3) is 5.02. The first kappa shape index (κ1) is 21.4. The predicted octanol–water partition coefficient (Wildman–Crippen LogP) is 0.0779. The predicted molar refractivity (Wildman–Crippen MR) is 106 cm³/mol. The van der Waals surface area contributed by atoms with Crippen molar-refractivity contribution in [2.45, 2.75) is 4.90 Å². The largest absolute Gasteiger partial charge is 0.325 e. The zero-order valence-corrected chi connectivity index (χ0v) is 16.2. The van der Waals surface area contributed by atoms with Crippen molar-refractivity contribution in [1.29, 1.82) is 0 Å². The zero-order valence-electron chi connectivity index (χ0n) is 15.4. The first-order valence-electron chi connectivity index (χ1n) is 8.47. The van der Waals surface area contributed by atoms with Crippen LogP contribution in [0, 0.1) is 5.82 Å². The minimum absolute atomic E-state index is 0.0255. The van der Waals surface area contributed by atoms with E-state index in [0.29, 0.717) is 0 Å². The van der Waals surface area contributed by atoms with Gasteiger partial charge in [0.15, 0.2) is 4.90 Å². The van der Waals surface area contributed by atoms with Gasteiger partial charge in [0, 0.05) is 17.4 Å². The molecule has 160 valence electrons. The van der Waals surface area contributed by atoms with Crippen molar-refractivity contribution in [3.05, 3.63) is 92.5 Å². The third-order valence-electron chi connectivity index (χ3n) is 3.88. The van der Waals surface area contributed by atoms with Crippen LogP contribution in [-0.4, -0.2) is 30.2 Å². The molecular weight excluding hydrogens is 433 g/mol. The van der Waals surface area contributed by atoms with Crippen molar-refractivity contribution in [3.63, 3.8) is 0 Å². The molecule has 0 radical (unpaired) electrons. The van der Waals surface area contributed by atoms with Gasteiger partial charge in [-0.15, -0.1) is 0 Å². The molecule has 13 heteroatoms. The lowest BCUT2D eigenvalue weighted by atomic mass is 10.2. The first-order valence-corrected chi connectivity index (χ1v) is 9.96. The Morgan fingerprint density at radius 2 is 1.55 bits per heavy atom. The summed E-state index contributed by atoms with van der Waals surface area (Å²) in [5, 5.41) is 0. The molecule has 0 fully saturated rings. The number of hydrogen-bond donors (Lipinski definition) is 5. The Bertz CT molecular complexity index is 1360. The number of aromatic amines is 2. The number of halogens is 1. The summed E-state index contributed by atoms with van der Waals surface area (Å²) in [4.78, 5) is 49.8. The lowest BCUT2D eigenvalue weighted by Crippen LogP contribution is -2.41. The number of carbonyl (C=O) groups is 2. The zero-order chi connectivity index (χ0) is 22.6. The molecule has 2 aromatic carbocycles. The van der Waals surface area contributed by atoms with E-state index in [1.165, 1.54) is 42.5 Å². The Morgan fingerprint density at radius 3 is 2.19 bits per heavy atom. The SMILES string of the molecule is O=C(NNC(=O)c1ccccc1F)c1ccc(NS(=O)(=O)c2c[nH]c(=O)[nH]c2=O)cc1. The fourth-order valence-electron chi connectivity index (χ4n) is 2.40. The Kier molecular flexibility index (Phi) is 5.97. The number of amides is 2. The quantitative estimate of drug-likeness (QED) is 0.347. The maximum atomic E-state index is 13.6. The van der Waals surface area contributed by atoms with Crippen molar-refractivity contribution in [2.24, 2.45) is 0 Å². The van der Waals surface area contributed by atoms with E-state index in [4.69, 9.17) is 0 Å². The van der Waals surface area contributed by atoms with Crippen LogP contribution in [0.15, 0.2) is 69.2 Å². The second-order valence-electron chi connectivity index (χ2n) is 6.01. The Labute approximate surface area is 173 Å². The van der Waals surface area contributed by atoms with Crippen LogP contribution >= 0.6 is 0 Å². The van der Waals surface area contributed by atoms with Gasteiger partial charge in [-0.05, 0) is 36.4 Å². The smallest absolute Gasteiger partial charge is 0.313 e. The summed E-state index contributed by atoms with van der Waals surface area (Å²) in [5.41, 5.74) is 2.04. The molecule has 1 heterocycles. The fraction of sp³-hybridized carbons (Fsp3) is 0. The monoisotopic (exact) mass is 447 g/mol. The van der Waals surface area contributed by atoms with E-state index in [9.17, 15) is 32.0 Å². The molecule has 0 aliphatic carbocycles. The van der Waals surface area contributed by atoms with Crippen LogP contribution < -0.4 is 26.8 Å². The van der Waals surface area contributed by atoms with Crippen molar-refractivity contribution >= 4 is 27.5 Å². The average molecular weight is 447 g/mol. The second kappa shape index (κ2) is 8.62. The number of rotatable bonds is 5. The summed E-state index contributed by atoms with van der Waals surface area (Å²) < 4.78 is 40.3. The Hall–Kier alpha value is -4.26. The Balaban J connectivity index is 1.66. The van der Waals surface area contributed by atoms with Gasteiger partial charge in [0.05, 0.1) is 5.56 Å². The highest BCUT2D eigenvalue weighted by atomic mass is 32.2. The van der Waals surface area contributed by atoms with Gasteiger partial charge in [-0.2, -0.15) is 0 Å². The molecule has 0 saturated heterocycles. The summed E-state index contributed by atoms with van der Waals surface area (Å²) in [5.74, 6) is -2.36. The molecule has 0 spiro atoms. The molecule has 0 atom stereocenters. The summed E-state index contributed by atoms with van der Waals surface area (Å²) in [7, 11) is -4.31. The first-order chi connectivity index (χ1) is 14.7. The van der Waals surface area contributed by atoms with Gasteiger partial charge in [0.1, 0.15) is 5.82 Å². The lowest BCUT2D eigenvalue weighted by Gasteiger charge is -2.10. The molecule has 31 heavy (non-hydrogen) atoms. The molecular formula is C18H14FN5O6S. The number of sulfonamides is 1. The number of anilines is 1. The maximum absolute atomic E-state index is 13.6. The highest BCUT2D eigenvalue weighted by molar-refractivity contribution is 7.92. The molecule has 11 nitrogen and oxygen atoms in total. The van der Waals surface area contributed by atoms with Crippen LogP contribution in [0.5, 0.6) is 0 Å². The highest BCUT2D eigenvalue weighted by Crippen LogP contribution is 2.14. The minimum atomic E-state index is -4.31. The number of aromatic nitrogens is 2. The highest BCUT2D eigenvalue weighted by Gasteiger charge is 2.19. The second-order valence-corrected chi connectivity index (χ2v) is 7.66. The molecule has 0 aliphatic heterocycles. The number of hydrogen-bond acceptors (Lipinski definition) is 6. The summed E-state index contributed by atoms with van der Waals surface area (Å²) in [6, 6.07) is 10.2. The van der Waals surface area contributed by atoms with Crippen molar-refractivity contribution < 1.29 is 22.4 Å². The van der Waals surface area contributed by atoms with Crippen molar-refractivity contribution in [2.75, 3.05) is 4.72 Å². The van der Waals surface area contributed by atoms with Gasteiger partial charge in [-0.25, -0.2) is 17.6 Å². The average Bonchev–Trinajstić information content (AvgIpc) is 2.72. The molecule has 0 unspecified atom stereocenters. The molecule has 5 N–H and O–H groups in total. The molecule has 3 rings (SSSR count). The molecule has 2 amide bonds. The number of nitrogens with one attached hydrogen (secondary N) is 5. The standard InChI is InChI=1S/C18H14FN5O6S/c19-13-4-2-1-3-12(13)16(26)23-22-15(25)10-5-7-11(8-6-10)24-31(29,30)14-9-20-18(28)21-17(14)27/h1-9,24H,(H,22,25)(H,23,26)(H2,20,21,27,28). The van der Waals surface area contributed by atoms with Crippen LogP contribution in [0.1, 0.15) is 20.7 Å².